The van der Waals surface area contributed by atoms with Gasteiger partial charge in [0.15, 0.2) is 11.0 Å². The number of nitrogens with two attached hydrogens (primary N) is 1. The Labute approximate surface area is 89.5 Å². The van der Waals surface area contributed by atoms with Crippen molar-refractivity contribution in [1.29, 1.82) is 0 Å². The fraction of sp³-hybridized carbons (Fsp3) is 0. The topological polar surface area (TPSA) is 64.9 Å². The van der Waals surface area contributed by atoms with Crippen LogP contribution in [0.4, 0.5) is 5.13 Å². The average Bonchev–Trinajstić information content (AvgIpc) is 2.83. The fourth-order valence-electron chi connectivity index (χ4n) is 1.50. The molecular weight excluding hydrogens is 210 g/mol. The molecule has 3 rings (SSSR count). The predicted molar refractivity (Wildman–Crippen MR) is 59.5 cm³/mol. The van der Waals surface area contributed by atoms with Crippen LogP contribution in [0.15, 0.2) is 34.9 Å². The van der Waals surface area contributed by atoms with Crippen LogP contribution >= 0.6 is 11.5 Å². The molecule has 5 heteroatoms. The molecule has 0 aliphatic carbocycles. The molecule has 0 atom stereocenters. The van der Waals surface area contributed by atoms with Gasteiger partial charge in [0.1, 0.15) is 11.8 Å². The highest BCUT2D eigenvalue weighted by atomic mass is 32.1. The standard InChI is InChI=1S/C10H7N3OS/c11-10-12-9(13-15-10)7-5-14-8-4-2-1-3-6(7)8/h1-5H,(H2,11,12,13). The molecule has 2 heterocycles. The van der Waals surface area contributed by atoms with Crippen molar-refractivity contribution in [3.05, 3.63) is 30.5 Å². The number of nitrogen functional groups attached to an aromatic ring is 1. The van der Waals surface area contributed by atoms with Gasteiger partial charge in [0, 0.05) is 16.9 Å². The molecular formula is C10H7N3OS. The maximum absolute atomic E-state index is 5.54. The number of aromatic nitrogens is 2. The number of furan rings is 1. The second-order valence-electron chi connectivity index (χ2n) is 3.10. The molecule has 0 spiro atoms. The Morgan fingerprint density at radius 3 is 2.93 bits per heavy atom. The third-order valence-corrected chi connectivity index (χ3v) is 2.71. The van der Waals surface area contributed by atoms with Gasteiger partial charge in [-0.1, -0.05) is 18.2 Å². The minimum absolute atomic E-state index is 0.468. The highest BCUT2D eigenvalue weighted by Gasteiger charge is 2.11. The van der Waals surface area contributed by atoms with Gasteiger partial charge in [-0.25, -0.2) is 0 Å². The van der Waals surface area contributed by atoms with E-state index in [9.17, 15) is 0 Å². The Morgan fingerprint density at radius 1 is 1.27 bits per heavy atom. The zero-order chi connectivity index (χ0) is 10.3. The molecule has 0 fully saturated rings. The van der Waals surface area contributed by atoms with Gasteiger partial charge in [-0.2, -0.15) is 9.36 Å². The van der Waals surface area contributed by atoms with E-state index in [1.54, 1.807) is 6.26 Å². The van der Waals surface area contributed by atoms with Crippen molar-refractivity contribution in [1.82, 2.24) is 9.36 Å². The molecule has 0 unspecified atom stereocenters. The molecule has 74 valence electrons. The number of rotatable bonds is 1. The molecule has 0 saturated carbocycles. The third-order valence-electron chi connectivity index (χ3n) is 2.16. The van der Waals surface area contributed by atoms with Crippen molar-refractivity contribution in [2.24, 2.45) is 0 Å². The molecule has 0 radical (unpaired) electrons. The second kappa shape index (κ2) is 3.06. The Balaban J connectivity index is 2.27. The molecule has 0 saturated heterocycles. The van der Waals surface area contributed by atoms with E-state index < -0.39 is 0 Å². The van der Waals surface area contributed by atoms with Crippen LogP contribution in [-0.4, -0.2) is 9.36 Å². The van der Waals surface area contributed by atoms with Crippen molar-refractivity contribution < 1.29 is 4.42 Å². The molecule has 2 N–H and O–H groups in total. The molecule has 15 heavy (non-hydrogen) atoms. The summed E-state index contributed by atoms with van der Waals surface area (Å²) >= 11 is 1.19. The highest BCUT2D eigenvalue weighted by Crippen LogP contribution is 2.29. The van der Waals surface area contributed by atoms with Crippen molar-refractivity contribution in [2.75, 3.05) is 5.73 Å². The predicted octanol–water partition coefficient (Wildman–Crippen LogP) is 2.53. The number of hydrogen-bond donors (Lipinski definition) is 1. The number of benzene rings is 1. The van der Waals surface area contributed by atoms with Crippen molar-refractivity contribution in [3.8, 4) is 11.4 Å². The Kier molecular flexibility index (Phi) is 1.72. The summed E-state index contributed by atoms with van der Waals surface area (Å²) in [5.74, 6) is 0.627. The van der Waals surface area contributed by atoms with E-state index in [1.165, 1.54) is 11.5 Å². The van der Waals surface area contributed by atoms with Crippen LogP contribution in [0.2, 0.25) is 0 Å². The van der Waals surface area contributed by atoms with Gasteiger partial charge in [0.2, 0.25) is 0 Å². The Bertz CT molecular complexity index is 614. The summed E-state index contributed by atoms with van der Waals surface area (Å²) in [7, 11) is 0. The zero-order valence-electron chi connectivity index (χ0n) is 7.68. The van der Waals surface area contributed by atoms with Crippen LogP contribution in [0.3, 0.4) is 0 Å². The van der Waals surface area contributed by atoms with Gasteiger partial charge >= 0.3 is 0 Å². The van der Waals surface area contributed by atoms with E-state index in [1.807, 2.05) is 24.3 Å². The van der Waals surface area contributed by atoms with Gasteiger partial charge in [-0.05, 0) is 6.07 Å². The maximum Gasteiger partial charge on any atom is 0.200 e. The molecule has 0 amide bonds. The van der Waals surface area contributed by atoms with E-state index in [4.69, 9.17) is 10.2 Å². The third kappa shape index (κ3) is 1.28. The van der Waals surface area contributed by atoms with Crippen LogP contribution < -0.4 is 5.73 Å². The fourth-order valence-corrected chi connectivity index (χ4v) is 1.94. The van der Waals surface area contributed by atoms with E-state index in [0.717, 1.165) is 16.5 Å². The zero-order valence-corrected chi connectivity index (χ0v) is 8.49. The minimum Gasteiger partial charge on any atom is -0.464 e. The van der Waals surface area contributed by atoms with Crippen molar-refractivity contribution >= 4 is 27.6 Å². The molecule has 1 aromatic carbocycles. The van der Waals surface area contributed by atoms with E-state index in [2.05, 4.69) is 9.36 Å². The van der Waals surface area contributed by atoms with E-state index in [-0.39, 0.29) is 0 Å². The summed E-state index contributed by atoms with van der Waals surface area (Å²) in [6.07, 6.45) is 1.66. The van der Waals surface area contributed by atoms with Gasteiger partial charge in [-0.3, -0.25) is 0 Å². The monoisotopic (exact) mass is 217 g/mol. The quantitative estimate of drug-likeness (QED) is 0.680. The van der Waals surface area contributed by atoms with Gasteiger partial charge < -0.3 is 10.2 Å². The van der Waals surface area contributed by atoms with E-state index in [0.29, 0.717) is 11.0 Å². The lowest BCUT2D eigenvalue weighted by Gasteiger charge is -1.89. The molecule has 0 bridgehead atoms. The first-order valence-electron chi connectivity index (χ1n) is 4.40. The van der Waals surface area contributed by atoms with Gasteiger partial charge in [0.25, 0.3) is 0 Å². The molecule has 2 aromatic heterocycles. The van der Waals surface area contributed by atoms with E-state index >= 15 is 0 Å². The van der Waals surface area contributed by atoms with Crippen LogP contribution in [0.1, 0.15) is 0 Å². The number of para-hydroxylation sites is 1. The first kappa shape index (κ1) is 8.43. The largest absolute Gasteiger partial charge is 0.464 e. The lowest BCUT2D eigenvalue weighted by molar-refractivity contribution is 0.616. The normalized spacial score (nSPS) is 10.9. The molecule has 3 aromatic rings. The summed E-state index contributed by atoms with van der Waals surface area (Å²) in [6.45, 7) is 0. The molecule has 0 aliphatic rings. The van der Waals surface area contributed by atoms with Crippen molar-refractivity contribution in [2.45, 2.75) is 0 Å². The van der Waals surface area contributed by atoms with Crippen LogP contribution in [0, 0.1) is 0 Å². The van der Waals surface area contributed by atoms with Gasteiger partial charge in [0.05, 0.1) is 5.56 Å². The number of nitrogens with zero attached hydrogens (tertiary/aromatic N) is 2. The smallest absolute Gasteiger partial charge is 0.200 e. The minimum atomic E-state index is 0.468. The average molecular weight is 217 g/mol. The SMILES string of the molecule is Nc1nc(-c2coc3ccccc23)ns1. The first-order valence-corrected chi connectivity index (χ1v) is 5.18. The summed E-state index contributed by atoms with van der Waals surface area (Å²) in [5, 5.41) is 1.48. The van der Waals surface area contributed by atoms with Gasteiger partial charge in [-0.15, -0.1) is 0 Å². The number of fused-ring (bicyclic) bond motifs is 1. The Morgan fingerprint density at radius 2 is 2.13 bits per heavy atom. The van der Waals surface area contributed by atoms with Crippen LogP contribution in [0.25, 0.3) is 22.4 Å². The Hall–Kier alpha value is -1.88. The second-order valence-corrected chi connectivity index (χ2v) is 3.89. The van der Waals surface area contributed by atoms with Crippen LogP contribution in [-0.2, 0) is 0 Å². The summed E-state index contributed by atoms with van der Waals surface area (Å²) in [4.78, 5) is 4.13. The summed E-state index contributed by atoms with van der Waals surface area (Å²) in [5.41, 5.74) is 7.26. The molecule has 0 aliphatic heterocycles. The first-order chi connectivity index (χ1) is 7.34. The lowest BCUT2D eigenvalue weighted by Crippen LogP contribution is -1.82. The maximum atomic E-state index is 5.54. The summed E-state index contributed by atoms with van der Waals surface area (Å²) < 4.78 is 9.55. The number of hydrogen-bond acceptors (Lipinski definition) is 5. The highest BCUT2D eigenvalue weighted by molar-refractivity contribution is 7.09. The lowest BCUT2D eigenvalue weighted by atomic mass is 10.2. The summed E-state index contributed by atoms with van der Waals surface area (Å²) in [6, 6.07) is 7.77. The van der Waals surface area contributed by atoms with Crippen LogP contribution in [0.5, 0.6) is 0 Å². The number of anilines is 1. The molecule has 4 nitrogen and oxygen atoms in total. The van der Waals surface area contributed by atoms with Crippen molar-refractivity contribution in [3.63, 3.8) is 0 Å².